The Balaban J connectivity index is 1.45. The summed E-state index contributed by atoms with van der Waals surface area (Å²) < 4.78 is 0. The molecule has 3 aromatic carbocycles. The standard InChI is InChI=1S/C25H20N2O2/c28-24-22-15-9-10-16(12-11-15)23(22)25(29)27(24)26-14-21-19-7-3-1-5-17(19)13-18-6-2-4-8-20(18)21/h1-10,13-16,22-23H,11-12H2/b26-14-/t15-,16-,22+,23+/m1/s1. The topological polar surface area (TPSA) is 49.7 Å². The zero-order valence-corrected chi connectivity index (χ0v) is 15.9. The van der Waals surface area contributed by atoms with E-state index in [1.54, 1.807) is 6.21 Å². The fourth-order valence-corrected chi connectivity index (χ4v) is 5.48. The van der Waals surface area contributed by atoms with E-state index < -0.39 is 0 Å². The van der Waals surface area contributed by atoms with Gasteiger partial charge in [0.2, 0.25) is 0 Å². The second-order valence-corrected chi connectivity index (χ2v) is 8.31. The maximum atomic E-state index is 13.0. The van der Waals surface area contributed by atoms with Gasteiger partial charge >= 0.3 is 0 Å². The molecule has 3 aromatic rings. The van der Waals surface area contributed by atoms with Crippen LogP contribution in [-0.2, 0) is 9.59 Å². The molecule has 0 unspecified atom stereocenters. The van der Waals surface area contributed by atoms with E-state index in [9.17, 15) is 9.59 Å². The van der Waals surface area contributed by atoms with E-state index in [1.807, 2.05) is 24.3 Å². The molecule has 3 aliphatic carbocycles. The maximum Gasteiger partial charge on any atom is 0.254 e. The Kier molecular flexibility index (Phi) is 3.51. The quantitative estimate of drug-likeness (QED) is 0.284. The van der Waals surface area contributed by atoms with Crippen molar-refractivity contribution < 1.29 is 9.59 Å². The summed E-state index contributed by atoms with van der Waals surface area (Å²) >= 11 is 0. The van der Waals surface area contributed by atoms with Crippen molar-refractivity contribution in [2.24, 2.45) is 28.8 Å². The highest BCUT2D eigenvalue weighted by Gasteiger charge is 2.56. The molecule has 2 fully saturated rings. The Hall–Kier alpha value is -3.27. The average molecular weight is 380 g/mol. The Labute approximate surface area is 168 Å². The van der Waals surface area contributed by atoms with Crippen LogP contribution in [0.25, 0.3) is 21.5 Å². The number of rotatable bonds is 2. The summed E-state index contributed by atoms with van der Waals surface area (Å²) in [5.74, 6) is -0.375. The smallest absolute Gasteiger partial charge is 0.254 e. The highest BCUT2D eigenvalue weighted by molar-refractivity contribution is 6.14. The Bertz CT molecular complexity index is 1160. The van der Waals surface area contributed by atoms with Gasteiger partial charge in [-0.2, -0.15) is 10.1 Å². The van der Waals surface area contributed by atoms with E-state index in [4.69, 9.17) is 0 Å². The average Bonchev–Trinajstić information content (AvgIpc) is 3.04. The number of imide groups is 1. The number of amides is 2. The highest BCUT2D eigenvalue weighted by Crippen LogP contribution is 2.49. The van der Waals surface area contributed by atoms with Crippen molar-refractivity contribution in [3.63, 3.8) is 0 Å². The van der Waals surface area contributed by atoms with Crippen molar-refractivity contribution in [1.82, 2.24) is 5.01 Å². The largest absolute Gasteiger partial charge is 0.272 e. The number of allylic oxidation sites excluding steroid dienone is 2. The molecule has 29 heavy (non-hydrogen) atoms. The van der Waals surface area contributed by atoms with E-state index in [2.05, 4.69) is 47.6 Å². The number of carbonyl (C=O) groups is 2. The normalized spacial score (nSPS) is 28.2. The summed E-state index contributed by atoms with van der Waals surface area (Å²) in [5, 5.41) is 9.95. The lowest BCUT2D eigenvalue weighted by Gasteiger charge is -2.37. The number of hydrogen-bond donors (Lipinski definition) is 0. The molecule has 1 saturated heterocycles. The first-order valence-electron chi connectivity index (χ1n) is 10.2. The molecule has 0 spiro atoms. The van der Waals surface area contributed by atoms with E-state index >= 15 is 0 Å². The number of hydrogen-bond acceptors (Lipinski definition) is 3. The number of fused-ring (bicyclic) bond motifs is 3. The van der Waals surface area contributed by atoms with Crippen LogP contribution in [0.2, 0.25) is 0 Å². The highest BCUT2D eigenvalue weighted by atomic mass is 16.2. The molecule has 7 rings (SSSR count). The fourth-order valence-electron chi connectivity index (χ4n) is 5.48. The summed E-state index contributed by atoms with van der Waals surface area (Å²) in [4.78, 5) is 26.1. The minimum Gasteiger partial charge on any atom is -0.272 e. The summed E-state index contributed by atoms with van der Waals surface area (Å²) in [6.45, 7) is 0. The molecule has 4 heteroatoms. The van der Waals surface area contributed by atoms with Gasteiger partial charge in [-0.25, -0.2) is 0 Å². The van der Waals surface area contributed by atoms with Crippen LogP contribution in [-0.4, -0.2) is 23.0 Å². The number of carbonyl (C=O) groups excluding carboxylic acids is 2. The third-order valence-electron chi connectivity index (χ3n) is 6.85. The summed E-state index contributed by atoms with van der Waals surface area (Å²) in [6, 6.07) is 18.4. The van der Waals surface area contributed by atoms with Gasteiger partial charge in [0.25, 0.3) is 11.8 Å². The molecule has 4 aliphatic rings. The van der Waals surface area contributed by atoms with Crippen LogP contribution < -0.4 is 0 Å². The molecule has 142 valence electrons. The second-order valence-electron chi connectivity index (χ2n) is 8.31. The predicted molar refractivity (Wildman–Crippen MR) is 113 cm³/mol. The van der Waals surface area contributed by atoms with Crippen LogP contribution in [0.4, 0.5) is 0 Å². The molecular formula is C25H20N2O2. The number of nitrogens with zero attached hydrogens (tertiary/aromatic N) is 2. The molecule has 2 bridgehead atoms. The van der Waals surface area contributed by atoms with Gasteiger partial charge in [0.15, 0.2) is 0 Å². The van der Waals surface area contributed by atoms with Gasteiger partial charge in [0.05, 0.1) is 18.1 Å². The molecule has 2 amide bonds. The van der Waals surface area contributed by atoms with E-state index in [1.165, 1.54) is 0 Å². The van der Waals surface area contributed by atoms with Crippen molar-refractivity contribution in [2.75, 3.05) is 0 Å². The lowest BCUT2D eigenvalue weighted by Crippen LogP contribution is -2.38. The Morgan fingerprint density at radius 2 is 1.31 bits per heavy atom. The minimum atomic E-state index is -0.229. The summed E-state index contributed by atoms with van der Waals surface area (Å²) in [5.41, 5.74) is 0.940. The zero-order chi connectivity index (χ0) is 19.5. The van der Waals surface area contributed by atoms with Crippen LogP contribution in [0.15, 0.2) is 71.9 Å². The number of benzene rings is 3. The van der Waals surface area contributed by atoms with E-state index in [0.29, 0.717) is 0 Å². The van der Waals surface area contributed by atoms with Crippen molar-refractivity contribution in [3.8, 4) is 0 Å². The van der Waals surface area contributed by atoms with Crippen LogP contribution in [0.5, 0.6) is 0 Å². The molecule has 0 radical (unpaired) electrons. The van der Waals surface area contributed by atoms with Crippen molar-refractivity contribution in [1.29, 1.82) is 0 Å². The first-order valence-corrected chi connectivity index (χ1v) is 10.2. The third kappa shape index (κ3) is 2.35. The van der Waals surface area contributed by atoms with Gasteiger partial charge < -0.3 is 0 Å². The lowest BCUT2D eigenvalue weighted by molar-refractivity contribution is -0.140. The maximum absolute atomic E-state index is 13.0. The molecule has 4 nitrogen and oxygen atoms in total. The van der Waals surface area contributed by atoms with Crippen LogP contribution in [0.1, 0.15) is 18.4 Å². The van der Waals surface area contributed by atoms with Gasteiger partial charge in [-0.1, -0.05) is 60.7 Å². The third-order valence-corrected chi connectivity index (χ3v) is 6.85. The molecule has 1 heterocycles. The SMILES string of the molecule is O=C1[C@@H]2[C@@H](C(=O)N1/N=C\c1c3ccccc3cc3ccccc13)[C@@H]1C=C[C@@H]2CC1. The van der Waals surface area contributed by atoms with E-state index in [-0.39, 0.29) is 35.5 Å². The van der Waals surface area contributed by atoms with Crippen molar-refractivity contribution in [2.45, 2.75) is 12.8 Å². The van der Waals surface area contributed by atoms with Crippen molar-refractivity contribution >= 4 is 39.6 Å². The molecule has 0 N–H and O–H groups in total. The molecule has 0 aromatic heterocycles. The zero-order valence-electron chi connectivity index (χ0n) is 15.9. The van der Waals surface area contributed by atoms with Gasteiger partial charge in [0, 0.05) is 5.56 Å². The van der Waals surface area contributed by atoms with Crippen LogP contribution in [0, 0.1) is 23.7 Å². The van der Waals surface area contributed by atoms with Gasteiger partial charge in [-0.3, -0.25) is 9.59 Å². The molecular weight excluding hydrogens is 360 g/mol. The Morgan fingerprint density at radius 3 is 1.83 bits per heavy atom. The van der Waals surface area contributed by atoms with Crippen LogP contribution in [0.3, 0.4) is 0 Å². The Morgan fingerprint density at radius 1 is 0.793 bits per heavy atom. The molecule has 1 aliphatic heterocycles. The summed E-state index contributed by atoms with van der Waals surface area (Å²) in [6.07, 6.45) is 7.95. The predicted octanol–water partition coefficient (Wildman–Crippen LogP) is 4.52. The summed E-state index contributed by atoms with van der Waals surface area (Å²) in [7, 11) is 0. The second kappa shape index (κ2) is 6.11. The van der Waals surface area contributed by atoms with Gasteiger partial charge in [0.1, 0.15) is 0 Å². The van der Waals surface area contributed by atoms with Crippen LogP contribution >= 0.6 is 0 Å². The first-order chi connectivity index (χ1) is 14.2. The molecule has 4 atom stereocenters. The first kappa shape index (κ1) is 16.7. The monoisotopic (exact) mass is 380 g/mol. The lowest BCUT2D eigenvalue weighted by atomic mass is 9.63. The number of hydrazone groups is 1. The van der Waals surface area contributed by atoms with Gasteiger partial charge in [-0.15, -0.1) is 0 Å². The van der Waals surface area contributed by atoms with E-state index in [0.717, 1.165) is 45.0 Å². The fraction of sp³-hybridized carbons (Fsp3) is 0.240. The minimum absolute atomic E-state index is 0.139. The van der Waals surface area contributed by atoms with Crippen molar-refractivity contribution in [3.05, 3.63) is 72.3 Å². The molecule has 1 saturated carbocycles. The van der Waals surface area contributed by atoms with Gasteiger partial charge in [-0.05, 0) is 52.3 Å².